The highest BCUT2D eigenvalue weighted by Crippen LogP contribution is 2.06. The summed E-state index contributed by atoms with van der Waals surface area (Å²) in [5.41, 5.74) is 5.64. The summed E-state index contributed by atoms with van der Waals surface area (Å²) < 4.78 is 5.02. The molecule has 0 radical (unpaired) electrons. The van der Waals surface area contributed by atoms with Crippen LogP contribution in [0.5, 0.6) is 0 Å². The van der Waals surface area contributed by atoms with Crippen molar-refractivity contribution in [3.8, 4) is 0 Å². The van der Waals surface area contributed by atoms with Crippen molar-refractivity contribution in [3.05, 3.63) is 17.5 Å². The number of carbonyl (C=O) groups is 1. The molecular formula is C11H19N3O2. The van der Waals surface area contributed by atoms with Crippen molar-refractivity contribution in [2.45, 2.75) is 39.2 Å². The zero-order valence-electron chi connectivity index (χ0n) is 10.0. The van der Waals surface area contributed by atoms with Gasteiger partial charge in [0.2, 0.25) is 0 Å². The third-order valence-corrected chi connectivity index (χ3v) is 1.99. The summed E-state index contributed by atoms with van der Waals surface area (Å²) in [6, 6.07) is 1.67. The number of carbonyl (C=O) groups excluding carboxylic acids is 1. The molecule has 1 aromatic heterocycles. The lowest BCUT2D eigenvalue weighted by Crippen LogP contribution is -2.45. The first kappa shape index (κ1) is 12.7. The first-order chi connectivity index (χ1) is 7.42. The fourth-order valence-electron chi connectivity index (χ4n) is 1.18. The SMILES string of the molecule is CCCc1cc(C(=O)NCC(C)(C)N)no1. The molecule has 1 rings (SSSR count). The lowest BCUT2D eigenvalue weighted by molar-refractivity contribution is 0.0937. The molecule has 90 valence electrons. The van der Waals surface area contributed by atoms with Gasteiger partial charge >= 0.3 is 0 Å². The lowest BCUT2D eigenvalue weighted by Gasteiger charge is -2.18. The minimum atomic E-state index is -0.425. The summed E-state index contributed by atoms with van der Waals surface area (Å²) in [4.78, 5) is 11.6. The molecule has 0 aliphatic heterocycles. The minimum Gasteiger partial charge on any atom is -0.361 e. The smallest absolute Gasteiger partial charge is 0.273 e. The van der Waals surface area contributed by atoms with Crippen LogP contribution in [0, 0.1) is 0 Å². The average molecular weight is 225 g/mol. The van der Waals surface area contributed by atoms with Gasteiger partial charge in [-0.1, -0.05) is 12.1 Å². The quantitative estimate of drug-likeness (QED) is 0.786. The predicted octanol–water partition coefficient (Wildman–Crippen LogP) is 1.09. The molecule has 0 aliphatic rings. The molecule has 0 saturated heterocycles. The Labute approximate surface area is 95.4 Å². The molecule has 0 bridgehead atoms. The normalized spacial score (nSPS) is 11.5. The van der Waals surface area contributed by atoms with Crippen LogP contribution < -0.4 is 11.1 Å². The Bertz CT molecular complexity index is 352. The Balaban J connectivity index is 2.53. The highest BCUT2D eigenvalue weighted by atomic mass is 16.5. The van der Waals surface area contributed by atoms with Gasteiger partial charge in [0.1, 0.15) is 5.76 Å². The number of nitrogens with one attached hydrogen (secondary N) is 1. The zero-order valence-corrected chi connectivity index (χ0v) is 10.0. The van der Waals surface area contributed by atoms with Gasteiger partial charge in [0.05, 0.1) is 0 Å². The van der Waals surface area contributed by atoms with Crippen molar-refractivity contribution in [2.24, 2.45) is 5.73 Å². The van der Waals surface area contributed by atoms with Crippen molar-refractivity contribution in [1.82, 2.24) is 10.5 Å². The molecule has 0 aliphatic carbocycles. The average Bonchev–Trinajstić information content (AvgIpc) is 2.62. The van der Waals surface area contributed by atoms with Gasteiger partial charge in [0.25, 0.3) is 5.91 Å². The van der Waals surface area contributed by atoms with Crippen molar-refractivity contribution in [3.63, 3.8) is 0 Å². The van der Waals surface area contributed by atoms with E-state index in [1.165, 1.54) is 0 Å². The molecule has 5 nitrogen and oxygen atoms in total. The van der Waals surface area contributed by atoms with E-state index in [4.69, 9.17) is 10.3 Å². The number of aromatic nitrogens is 1. The third kappa shape index (κ3) is 4.02. The molecule has 0 fully saturated rings. The first-order valence-corrected chi connectivity index (χ1v) is 5.45. The van der Waals surface area contributed by atoms with Crippen LogP contribution in [0.3, 0.4) is 0 Å². The van der Waals surface area contributed by atoms with E-state index in [2.05, 4.69) is 10.5 Å². The number of amides is 1. The summed E-state index contributed by atoms with van der Waals surface area (Å²) >= 11 is 0. The molecule has 0 unspecified atom stereocenters. The maximum absolute atomic E-state index is 11.6. The van der Waals surface area contributed by atoms with Crippen LogP contribution in [-0.2, 0) is 6.42 Å². The topological polar surface area (TPSA) is 81.2 Å². The standard InChI is InChI=1S/C11H19N3O2/c1-4-5-8-6-9(14-16-8)10(15)13-7-11(2,3)12/h6H,4-5,7,12H2,1-3H3,(H,13,15). The zero-order chi connectivity index (χ0) is 12.2. The van der Waals surface area contributed by atoms with Crippen LogP contribution in [0.25, 0.3) is 0 Å². The van der Waals surface area contributed by atoms with E-state index in [1.54, 1.807) is 6.07 Å². The number of hydrogen-bond acceptors (Lipinski definition) is 4. The van der Waals surface area contributed by atoms with Crippen LogP contribution in [0.15, 0.2) is 10.6 Å². The van der Waals surface area contributed by atoms with Gasteiger partial charge in [-0.05, 0) is 20.3 Å². The highest BCUT2D eigenvalue weighted by molar-refractivity contribution is 5.92. The molecule has 1 aromatic rings. The van der Waals surface area contributed by atoms with Crippen molar-refractivity contribution in [2.75, 3.05) is 6.54 Å². The molecule has 1 amide bonds. The second-order valence-electron chi connectivity index (χ2n) is 4.60. The van der Waals surface area contributed by atoms with Gasteiger partial charge in [-0.2, -0.15) is 0 Å². The van der Waals surface area contributed by atoms with Crippen LogP contribution in [0.2, 0.25) is 0 Å². The molecule has 16 heavy (non-hydrogen) atoms. The fraction of sp³-hybridized carbons (Fsp3) is 0.636. The van der Waals surface area contributed by atoms with Gasteiger partial charge in [-0.25, -0.2) is 0 Å². The maximum atomic E-state index is 11.6. The first-order valence-electron chi connectivity index (χ1n) is 5.45. The maximum Gasteiger partial charge on any atom is 0.273 e. The molecule has 5 heteroatoms. The highest BCUT2D eigenvalue weighted by Gasteiger charge is 2.16. The summed E-state index contributed by atoms with van der Waals surface area (Å²) in [6.45, 7) is 6.14. The van der Waals surface area contributed by atoms with Crippen molar-refractivity contribution >= 4 is 5.91 Å². The Morgan fingerprint density at radius 2 is 2.31 bits per heavy atom. The van der Waals surface area contributed by atoms with Gasteiger partial charge in [0.15, 0.2) is 5.69 Å². The molecule has 0 atom stereocenters. The summed E-state index contributed by atoms with van der Waals surface area (Å²) in [5, 5.41) is 6.42. The summed E-state index contributed by atoms with van der Waals surface area (Å²) in [6.07, 6.45) is 1.76. The van der Waals surface area contributed by atoms with E-state index < -0.39 is 5.54 Å². The Kier molecular flexibility index (Phi) is 4.06. The Morgan fingerprint density at radius 3 is 2.88 bits per heavy atom. The number of nitrogens with zero attached hydrogens (tertiary/aromatic N) is 1. The predicted molar refractivity (Wildman–Crippen MR) is 61.1 cm³/mol. The van der Waals surface area contributed by atoms with E-state index >= 15 is 0 Å². The molecule has 3 N–H and O–H groups in total. The summed E-state index contributed by atoms with van der Waals surface area (Å²) in [7, 11) is 0. The second kappa shape index (κ2) is 5.12. The van der Waals surface area contributed by atoms with Crippen LogP contribution in [0.1, 0.15) is 43.4 Å². The van der Waals surface area contributed by atoms with Crippen LogP contribution in [0.4, 0.5) is 0 Å². The van der Waals surface area contributed by atoms with Gasteiger partial charge < -0.3 is 15.6 Å². The van der Waals surface area contributed by atoms with Gasteiger partial charge in [0, 0.05) is 24.6 Å². The summed E-state index contributed by atoms with van der Waals surface area (Å²) in [5.74, 6) is 0.490. The lowest BCUT2D eigenvalue weighted by atomic mass is 10.1. The van der Waals surface area contributed by atoms with Crippen molar-refractivity contribution in [1.29, 1.82) is 0 Å². The third-order valence-electron chi connectivity index (χ3n) is 1.99. The monoisotopic (exact) mass is 225 g/mol. The molecular weight excluding hydrogens is 206 g/mol. The van der Waals surface area contributed by atoms with E-state index in [1.807, 2.05) is 20.8 Å². The number of rotatable bonds is 5. The number of hydrogen-bond donors (Lipinski definition) is 2. The van der Waals surface area contributed by atoms with Crippen LogP contribution >= 0.6 is 0 Å². The second-order valence-corrected chi connectivity index (χ2v) is 4.60. The Hall–Kier alpha value is -1.36. The number of nitrogens with two attached hydrogens (primary N) is 1. The van der Waals surface area contributed by atoms with Gasteiger partial charge in [-0.3, -0.25) is 4.79 Å². The van der Waals surface area contributed by atoms with E-state index in [9.17, 15) is 4.79 Å². The van der Waals surface area contributed by atoms with Gasteiger partial charge in [-0.15, -0.1) is 0 Å². The van der Waals surface area contributed by atoms with Crippen molar-refractivity contribution < 1.29 is 9.32 Å². The van der Waals surface area contributed by atoms with E-state index in [-0.39, 0.29) is 5.91 Å². The minimum absolute atomic E-state index is 0.246. The number of aryl methyl sites for hydroxylation is 1. The Morgan fingerprint density at radius 1 is 1.62 bits per heavy atom. The fourth-order valence-corrected chi connectivity index (χ4v) is 1.18. The molecule has 0 saturated carbocycles. The van der Waals surface area contributed by atoms with E-state index in [0.29, 0.717) is 12.2 Å². The van der Waals surface area contributed by atoms with E-state index in [0.717, 1.165) is 18.6 Å². The molecule has 0 aromatic carbocycles. The largest absolute Gasteiger partial charge is 0.361 e. The van der Waals surface area contributed by atoms with Crippen LogP contribution in [-0.4, -0.2) is 23.1 Å². The molecule has 0 spiro atoms. The molecule has 1 heterocycles.